The number of carbonyl (C=O) groups excluding carboxylic acids is 1. The van der Waals surface area contributed by atoms with Crippen molar-refractivity contribution in [3.8, 4) is 5.75 Å². The van der Waals surface area contributed by atoms with E-state index in [1.54, 1.807) is 17.0 Å². The van der Waals surface area contributed by atoms with Gasteiger partial charge in [0.2, 0.25) is 0 Å². The van der Waals surface area contributed by atoms with Gasteiger partial charge in [0.1, 0.15) is 24.8 Å². The van der Waals surface area contributed by atoms with E-state index >= 15 is 0 Å². The molecule has 1 amide bonds. The zero-order valence-electron chi connectivity index (χ0n) is 14.9. The zero-order chi connectivity index (χ0) is 18.1. The second kappa shape index (κ2) is 10.2. The fraction of sp³-hybridized carbons (Fsp3) is 0.611. The van der Waals surface area contributed by atoms with Gasteiger partial charge in [-0.3, -0.25) is 0 Å². The summed E-state index contributed by atoms with van der Waals surface area (Å²) in [6.45, 7) is 7.39. The van der Waals surface area contributed by atoms with Crippen molar-refractivity contribution in [2.45, 2.75) is 32.9 Å². The Bertz CT molecular complexity index is 556. The number of amides is 1. The molecule has 6 nitrogen and oxygen atoms in total. The molecule has 1 aliphatic rings. The van der Waals surface area contributed by atoms with Gasteiger partial charge in [-0.15, -0.1) is 0 Å². The van der Waals surface area contributed by atoms with Crippen molar-refractivity contribution in [2.24, 2.45) is 0 Å². The van der Waals surface area contributed by atoms with Gasteiger partial charge in [-0.1, -0.05) is 6.92 Å². The molecule has 7 heteroatoms. The number of nitrogens with one attached hydrogen (secondary N) is 1. The topological polar surface area (TPSA) is 60.0 Å². The van der Waals surface area contributed by atoms with Crippen molar-refractivity contribution in [1.82, 2.24) is 10.2 Å². The highest BCUT2D eigenvalue weighted by atomic mass is 19.1. The molecule has 1 fully saturated rings. The number of ether oxygens (including phenoxy) is 3. The maximum Gasteiger partial charge on any atom is 0.410 e. The molecule has 25 heavy (non-hydrogen) atoms. The van der Waals surface area contributed by atoms with Gasteiger partial charge in [0.25, 0.3) is 0 Å². The summed E-state index contributed by atoms with van der Waals surface area (Å²) in [4.78, 5) is 14.0. The molecule has 1 saturated heterocycles. The molecule has 2 rings (SSSR count). The van der Waals surface area contributed by atoms with Crippen LogP contribution in [0.25, 0.3) is 0 Å². The summed E-state index contributed by atoms with van der Waals surface area (Å²) in [5, 5.41) is 3.25. The second-order valence-electron chi connectivity index (χ2n) is 5.81. The van der Waals surface area contributed by atoms with Crippen LogP contribution >= 0.6 is 0 Å². The summed E-state index contributed by atoms with van der Waals surface area (Å²) < 4.78 is 30.0. The van der Waals surface area contributed by atoms with Crippen molar-refractivity contribution < 1.29 is 23.4 Å². The lowest BCUT2D eigenvalue weighted by Crippen LogP contribution is -2.53. The monoisotopic (exact) mass is 354 g/mol. The number of nitrogens with zero attached hydrogens (tertiary/aromatic N) is 1. The molecule has 0 unspecified atom stereocenters. The number of piperazine rings is 1. The molecule has 0 aromatic heterocycles. The minimum absolute atomic E-state index is 0.110. The van der Waals surface area contributed by atoms with E-state index in [1.165, 1.54) is 6.07 Å². The molecule has 1 aromatic rings. The predicted octanol–water partition coefficient (Wildman–Crippen LogP) is 2.56. The van der Waals surface area contributed by atoms with Gasteiger partial charge in [0, 0.05) is 37.8 Å². The van der Waals surface area contributed by atoms with Gasteiger partial charge in [-0.2, -0.15) is 0 Å². The lowest BCUT2D eigenvalue weighted by atomic mass is 10.1. The SMILES string of the molecule is CCOCCOc1ccc(F)c(COC(=O)N2CCNC[C@H]2CC)c1. The van der Waals surface area contributed by atoms with E-state index < -0.39 is 11.9 Å². The largest absolute Gasteiger partial charge is 0.491 e. The third kappa shape index (κ3) is 5.86. The zero-order valence-corrected chi connectivity index (χ0v) is 14.9. The summed E-state index contributed by atoms with van der Waals surface area (Å²) >= 11 is 0. The quantitative estimate of drug-likeness (QED) is 0.727. The van der Waals surface area contributed by atoms with Crippen molar-refractivity contribution in [3.63, 3.8) is 0 Å². The third-order valence-electron chi connectivity index (χ3n) is 4.12. The van der Waals surface area contributed by atoms with Gasteiger partial charge >= 0.3 is 6.09 Å². The molecule has 0 spiro atoms. The van der Waals surface area contributed by atoms with Crippen LogP contribution in [0.1, 0.15) is 25.8 Å². The Morgan fingerprint density at radius 2 is 2.20 bits per heavy atom. The summed E-state index contributed by atoms with van der Waals surface area (Å²) in [5.41, 5.74) is 0.297. The Balaban J connectivity index is 1.89. The molecule has 1 N–H and O–H groups in total. The molecule has 140 valence electrons. The van der Waals surface area contributed by atoms with Crippen LogP contribution in [0.5, 0.6) is 5.75 Å². The van der Waals surface area contributed by atoms with Gasteiger partial charge < -0.3 is 24.4 Å². The Morgan fingerprint density at radius 1 is 1.36 bits per heavy atom. The minimum Gasteiger partial charge on any atom is -0.491 e. The molecule has 0 radical (unpaired) electrons. The lowest BCUT2D eigenvalue weighted by Gasteiger charge is -2.34. The normalized spacial score (nSPS) is 17.4. The van der Waals surface area contributed by atoms with Gasteiger partial charge in [-0.25, -0.2) is 9.18 Å². The fourth-order valence-electron chi connectivity index (χ4n) is 2.70. The molecule has 1 atom stereocenters. The molecule has 0 bridgehead atoms. The first-order valence-corrected chi connectivity index (χ1v) is 8.78. The number of carbonyl (C=O) groups is 1. The van der Waals surface area contributed by atoms with Crippen LogP contribution in [0, 0.1) is 5.82 Å². The van der Waals surface area contributed by atoms with Crippen LogP contribution < -0.4 is 10.1 Å². The summed E-state index contributed by atoms with van der Waals surface area (Å²) in [6.07, 6.45) is 0.440. The Kier molecular flexibility index (Phi) is 7.94. The van der Waals surface area contributed by atoms with E-state index in [9.17, 15) is 9.18 Å². The molecule has 1 aromatic carbocycles. The highest BCUT2D eigenvalue weighted by Crippen LogP contribution is 2.19. The van der Waals surface area contributed by atoms with Gasteiger partial charge in [0.05, 0.1) is 6.61 Å². The third-order valence-corrected chi connectivity index (χ3v) is 4.12. The van der Waals surface area contributed by atoms with E-state index in [1.807, 2.05) is 13.8 Å². The van der Waals surface area contributed by atoms with Gasteiger partial charge in [-0.05, 0) is 31.5 Å². The molecule has 1 aliphatic heterocycles. The average molecular weight is 354 g/mol. The van der Waals surface area contributed by atoms with Crippen LogP contribution in [0.3, 0.4) is 0 Å². The maximum absolute atomic E-state index is 14.0. The number of halogens is 1. The van der Waals surface area contributed by atoms with Crippen LogP contribution in [0.4, 0.5) is 9.18 Å². The smallest absolute Gasteiger partial charge is 0.410 e. The fourth-order valence-corrected chi connectivity index (χ4v) is 2.70. The highest BCUT2D eigenvalue weighted by Gasteiger charge is 2.26. The van der Waals surface area contributed by atoms with Crippen LogP contribution in [0.2, 0.25) is 0 Å². The Hall–Kier alpha value is -1.86. The highest BCUT2D eigenvalue weighted by molar-refractivity contribution is 5.68. The first-order valence-electron chi connectivity index (χ1n) is 8.78. The number of hydrogen-bond acceptors (Lipinski definition) is 5. The minimum atomic E-state index is -0.419. The van der Waals surface area contributed by atoms with Crippen molar-refractivity contribution in [3.05, 3.63) is 29.6 Å². The van der Waals surface area contributed by atoms with Crippen LogP contribution in [-0.2, 0) is 16.1 Å². The Morgan fingerprint density at radius 3 is 2.96 bits per heavy atom. The standard InChI is InChI=1S/C18H27FN2O4/c1-3-15-12-20-7-8-21(15)18(22)25-13-14-11-16(5-6-17(14)19)24-10-9-23-4-2/h5-6,11,15,20H,3-4,7-10,12-13H2,1-2H3/t15-/m1/s1. The predicted molar refractivity (Wildman–Crippen MR) is 92.2 cm³/mol. The second-order valence-corrected chi connectivity index (χ2v) is 5.81. The molecular weight excluding hydrogens is 327 g/mol. The maximum atomic E-state index is 14.0. The van der Waals surface area contributed by atoms with E-state index in [4.69, 9.17) is 14.2 Å². The molecule has 0 saturated carbocycles. The molecule has 0 aliphatic carbocycles. The number of benzene rings is 1. The average Bonchev–Trinajstić information content (AvgIpc) is 2.65. The summed E-state index contributed by atoms with van der Waals surface area (Å²) in [6, 6.07) is 4.54. The van der Waals surface area contributed by atoms with Crippen LogP contribution in [-0.4, -0.2) is 56.5 Å². The van der Waals surface area contributed by atoms with Crippen molar-refractivity contribution in [1.29, 1.82) is 0 Å². The summed E-state index contributed by atoms with van der Waals surface area (Å²) in [7, 11) is 0. The summed E-state index contributed by atoms with van der Waals surface area (Å²) in [5.74, 6) is 0.109. The van der Waals surface area contributed by atoms with E-state index in [2.05, 4.69) is 5.32 Å². The lowest BCUT2D eigenvalue weighted by molar-refractivity contribution is 0.0705. The number of hydrogen-bond donors (Lipinski definition) is 1. The van der Waals surface area contributed by atoms with Crippen molar-refractivity contribution >= 4 is 6.09 Å². The van der Waals surface area contributed by atoms with Crippen molar-refractivity contribution in [2.75, 3.05) is 39.5 Å². The molecule has 1 heterocycles. The van der Waals surface area contributed by atoms with Crippen LogP contribution in [0.15, 0.2) is 18.2 Å². The number of rotatable bonds is 8. The van der Waals surface area contributed by atoms with E-state index in [-0.39, 0.29) is 12.6 Å². The van der Waals surface area contributed by atoms with E-state index in [0.717, 1.165) is 19.5 Å². The van der Waals surface area contributed by atoms with Gasteiger partial charge in [0.15, 0.2) is 0 Å². The Labute approximate surface area is 148 Å². The first kappa shape index (κ1) is 19.5. The molecular formula is C18H27FN2O4. The van der Waals surface area contributed by atoms with E-state index in [0.29, 0.717) is 37.7 Å². The first-order chi connectivity index (χ1) is 12.2.